The highest BCUT2D eigenvalue weighted by atomic mass is 19.4. The van der Waals surface area contributed by atoms with E-state index in [4.69, 9.17) is 0 Å². The van der Waals surface area contributed by atoms with Gasteiger partial charge in [0, 0.05) is 12.2 Å². The topological polar surface area (TPSA) is 53.2 Å². The number of carbonyl (C=O) groups excluding carboxylic acids is 1. The van der Waals surface area contributed by atoms with E-state index in [1.54, 1.807) is 7.05 Å². The minimum Gasteiger partial charge on any atom is -0.338 e. The van der Waals surface area contributed by atoms with Crippen molar-refractivity contribution in [3.05, 3.63) is 29.8 Å². The zero-order chi connectivity index (χ0) is 15.2. The SMILES string of the molecule is CNCC(C)CNC(=O)Nc1cccc(C(F)(F)F)c1. The molecule has 0 bridgehead atoms. The summed E-state index contributed by atoms with van der Waals surface area (Å²) in [6.45, 7) is 3.12. The van der Waals surface area contributed by atoms with Crippen molar-refractivity contribution in [2.45, 2.75) is 13.1 Å². The second-order valence-electron chi connectivity index (χ2n) is 4.58. The lowest BCUT2D eigenvalue weighted by molar-refractivity contribution is -0.137. The normalized spacial score (nSPS) is 12.8. The van der Waals surface area contributed by atoms with Crippen molar-refractivity contribution in [2.75, 3.05) is 25.5 Å². The van der Waals surface area contributed by atoms with E-state index in [-0.39, 0.29) is 11.6 Å². The van der Waals surface area contributed by atoms with Gasteiger partial charge in [0.2, 0.25) is 0 Å². The summed E-state index contributed by atoms with van der Waals surface area (Å²) in [5.74, 6) is 0.229. The van der Waals surface area contributed by atoms with E-state index in [0.29, 0.717) is 6.54 Å². The molecule has 0 saturated carbocycles. The third kappa shape index (κ3) is 5.48. The molecule has 1 unspecified atom stereocenters. The molecule has 0 aliphatic rings. The van der Waals surface area contributed by atoms with Gasteiger partial charge in [0.25, 0.3) is 0 Å². The van der Waals surface area contributed by atoms with Gasteiger partial charge in [-0.1, -0.05) is 13.0 Å². The Morgan fingerprint density at radius 2 is 2.00 bits per heavy atom. The highest BCUT2D eigenvalue weighted by Crippen LogP contribution is 2.30. The van der Waals surface area contributed by atoms with Crippen molar-refractivity contribution in [2.24, 2.45) is 5.92 Å². The molecule has 20 heavy (non-hydrogen) atoms. The maximum atomic E-state index is 12.5. The van der Waals surface area contributed by atoms with Gasteiger partial charge in [-0.3, -0.25) is 0 Å². The van der Waals surface area contributed by atoms with E-state index in [2.05, 4.69) is 16.0 Å². The van der Waals surface area contributed by atoms with Crippen molar-refractivity contribution in [1.82, 2.24) is 10.6 Å². The summed E-state index contributed by atoms with van der Waals surface area (Å²) in [6.07, 6.45) is -4.42. The fourth-order valence-corrected chi connectivity index (χ4v) is 1.64. The van der Waals surface area contributed by atoms with Gasteiger partial charge in [-0.05, 0) is 37.7 Å². The molecule has 7 heteroatoms. The van der Waals surface area contributed by atoms with Crippen LogP contribution in [-0.4, -0.2) is 26.2 Å². The number of hydrogen-bond donors (Lipinski definition) is 3. The van der Waals surface area contributed by atoms with Crippen LogP contribution in [0.2, 0.25) is 0 Å². The van der Waals surface area contributed by atoms with E-state index in [0.717, 1.165) is 18.7 Å². The van der Waals surface area contributed by atoms with Crippen molar-refractivity contribution >= 4 is 11.7 Å². The molecule has 0 radical (unpaired) electrons. The van der Waals surface area contributed by atoms with Crippen molar-refractivity contribution in [1.29, 1.82) is 0 Å². The monoisotopic (exact) mass is 289 g/mol. The Balaban J connectivity index is 2.54. The summed E-state index contributed by atoms with van der Waals surface area (Å²) < 4.78 is 37.5. The van der Waals surface area contributed by atoms with Crippen molar-refractivity contribution in [3.63, 3.8) is 0 Å². The van der Waals surface area contributed by atoms with Crippen molar-refractivity contribution in [3.8, 4) is 0 Å². The standard InChI is InChI=1S/C13H18F3N3O/c1-9(7-17-2)8-18-12(20)19-11-5-3-4-10(6-11)13(14,15)16/h3-6,9,17H,7-8H2,1-2H3,(H2,18,19,20). The van der Waals surface area contributed by atoms with Gasteiger partial charge in [-0.15, -0.1) is 0 Å². The molecule has 0 aliphatic carbocycles. The molecule has 1 aromatic rings. The lowest BCUT2D eigenvalue weighted by Crippen LogP contribution is -2.35. The number of alkyl halides is 3. The lowest BCUT2D eigenvalue weighted by atomic mass is 10.2. The Morgan fingerprint density at radius 1 is 1.30 bits per heavy atom. The van der Waals surface area contributed by atoms with Gasteiger partial charge in [-0.2, -0.15) is 13.2 Å². The van der Waals surface area contributed by atoms with Crippen LogP contribution in [-0.2, 0) is 6.18 Å². The number of urea groups is 1. The lowest BCUT2D eigenvalue weighted by Gasteiger charge is -2.13. The molecule has 0 aliphatic heterocycles. The van der Waals surface area contributed by atoms with Crippen LogP contribution in [0.5, 0.6) is 0 Å². The third-order valence-electron chi connectivity index (χ3n) is 2.61. The quantitative estimate of drug-likeness (QED) is 0.780. The second kappa shape index (κ2) is 7.14. The molecular weight excluding hydrogens is 271 g/mol. The molecule has 0 heterocycles. The van der Waals surface area contributed by atoms with Crippen LogP contribution in [0, 0.1) is 5.92 Å². The summed E-state index contributed by atoms with van der Waals surface area (Å²) in [4.78, 5) is 11.6. The summed E-state index contributed by atoms with van der Waals surface area (Å²) in [7, 11) is 1.80. The van der Waals surface area contributed by atoms with E-state index in [9.17, 15) is 18.0 Å². The average molecular weight is 289 g/mol. The first-order valence-electron chi connectivity index (χ1n) is 6.19. The first kappa shape index (κ1) is 16.3. The molecule has 112 valence electrons. The molecule has 1 rings (SSSR count). The predicted octanol–water partition coefficient (Wildman–Crippen LogP) is 2.68. The maximum Gasteiger partial charge on any atom is 0.416 e. The smallest absolute Gasteiger partial charge is 0.338 e. The predicted molar refractivity (Wildman–Crippen MR) is 71.6 cm³/mol. The minimum absolute atomic E-state index is 0.110. The number of benzene rings is 1. The van der Waals surface area contributed by atoms with Crippen LogP contribution in [0.1, 0.15) is 12.5 Å². The third-order valence-corrected chi connectivity index (χ3v) is 2.61. The van der Waals surface area contributed by atoms with Gasteiger partial charge in [0.1, 0.15) is 0 Å². The molecule has 4 nitrogen and oxygen atoms in total. The Labute approximate surface area is 115 Å². The van der Waals surface area contributed by atoms with Crippen molar-refractivity contribution < 1.29 is 18.0 Å². The van der Waals surface area contributed by atoms with E-state index >= 15 is 0 Å². The number of hydrogen-bond acceptors (Lipinski definition) is 2. The molecular formula is C13H18F3N3O. The number of amides is 2. The summed E-state index contributed by atoms with van der Waals surface area (Å²) in [5, 5.41) is 7.95. The number of carbonyl (C=O) groups is 1. The Morgan fingerprint density at radius 3 is 2.60 bits per heavy atom. The second-order valence-corrected chi connectivity index (χ2v) is 4.58. The number of anilines is 1. The Hall–Kier alpha value is -1.76. The van der Waals surface area contributed by atoms with Gasteiger partial charge in [-0.25, -0.2) is 4.79 Å². The molecule has 0 spiro atoms. The molecule has 2 amide bonds. The van der Waals surface area contributed by atoms with E-state index < -0.39 is 17.8 Å². The molecule has 0 fully saturated rings. The highest BCUT2D eigenvalue weighted by molar-refractivity contribution is 5.89. The number of halogens is 3. The minimum atomic E-state index is -4.42. The Kier molecular flexibility index (Phi) is 5.82. The van der Waals surface area contributed by atoms with Crippen LogP contribution in [0.3, 0.4) is 0 Å². The fraction of sp³-hybridized carbons (Fsp3) is 0.462. The molecule has 0 saturated heterocycles. The van der Waals surface area contributed by atoms with Crippen LogP contribution in [0.4, 0.5) is 23.7 Å². The highest BCUT2D eigenvalue weighted by Gasteiger charge is 2.30. The summed E-state index contributed by atoms with van der Waals surface area (Å²) >= 11 is 0. The molecule has 1 atom stereocenters. The first-order valence-corrected chi connectivity index (χ1v) is 6.19. The van der Waals surface area contributed by atoms with Gasteiger partial charge < -0.3 is 16.0 Å². The maximum absolute atomic E-state index is 12.5. The molecule has 3 N–H and O–H groups in total. The number of rotatable bonds is 5. The van der Waals surface area contributed by atoms with Gasteiger partial charge in [0.15, 0.2) is 0 Å². The van der Waals surface area contributed by atoms with E-state index in [1.165, 1.54) is 12.1 Å². The largest absolute Gasteiger partial charge is 0.416 e. The van der Waals surface area contributed by atoms with Gasteiger partial charge in [0.05, 0.1) is 5.56 Å². The van der Waals surface area contributed by atoms with Crippen LogP contribution in [0.25, 0.3) is 0 Å². The molecule has 0 aromatic heterocycles. The Bertz CT molecular complexity index is 449. The zero-order valence-electron chi connectivity index (χ0n) is 11.3. The summed E-state index contributed by atoms with van der Waals surface area (Å²) in [6, 6.07) is 4.00. The first-order chi connectivity index (χ1) is 9.32. The number of nitrogens with one attached hydrogen (secondary N) is 3. The van der Waals surface area contributed by atoms with Gasteiger partial charge >= 0.3 is 12.2 Å². The van der Waals surface area contributed by atoms with Crippen LogP contribution in [0.15, 0.2) is 24.3 Å². The fourth-order valence-electron chi connectivity index (χ4n) is 1.64. The van der Waals surface area contributed by atoms with Crippen LogP contribution >= 0.6 is 0 Å². The van der Waals surface area contributed by atoms with E-state index in [1.807, 2.05) is 6.92 Å². The molecule has 1 aromatic carbocycles. The summed E-state index contributed by atoms with van der Waals surface area (Å²) in [5.41, 5.74) is -0.683. The average Bonchev–Trinajstić information content (AvgIpc) is 2.36. The van der Waals surface area contributed by atoms with Crippen LogP contribution < -0.4 is 16.0 Å². The zero-order valence-corrected chi connectivity index (χ0v) is 11.3.